The minimum atomic E-state index is -0.466. The Hall–Kier alpha value is -3.14. The van der Waals surface area contributed by atoms with Crippen LogP contribution in [0.4, 0.5) is 0 Å². The van der Waals surface area contributed by atoms with Gasteiger partial charge in [0.2, 0.25) is 5.43 Å². The van der Waals surface area contributed by atoms with Crippen LogP contribution < -0.4 is 10.7 Å². The van der Waals surface area contributed by atoms with Gasteiger partial charge in [0.05, 0.1) is 17.1 Å². The molecule has 2 N–H and O–H groups in total. The zero-order valence-electron chi connectivity index (χ0n) is 14.5. The molecule has 0 saturated heterocycles. The first-order valence-electron chi connectivity index (χ1n) is 8.11. The summed E-state index contributed by atoms with van der Waals surface area (Å²) in [6.45, 7) is -0.0222. The van der Waals surface area contributed by atoms with Crippen LogP contribution in [-0.2, 0) is 13.6 Å². The van der Waals surface area contributed by atoms with Crippen LogP contribution in [0.1, 0.15) is 21.6 Å². The van der Waals surface area contributed by atoms with Crippen molar-refractivity contribution in [2.75, 3.05) is 6.61 Å². The average molecular weight is 382 g/mol. The van der Waals surface area contributed by atoms with Crippen LogP contribution in [0.3, 0.4) is 0 Å². The van der Waals surface area contributed by atoms with Crippen LogP contribution in [0.5, 0.6) is 0 Å². The zero-order valence-corrected chi connectivity index (χ0v) is 15.2. The molecule has 0 atom stereocenters. The third-order valence-electron chi connectivity index (χ3n) is 3.98. The van der Waals surface area contributed by atoms with Crippen molar-refractivity contribution in [3.8, 4) is 11.8 Å². The monoisotopic (exact) mass is 381 g/mol. The Labute approximate surface area is 160 Å². The van der Waals surface area contributed by atoms with Crippen molar-refractivity contribution in [1.29, 1.82) is 0 Å². The molecule has 0 aliphatic carbocycles. The highest BCUT2D eigenvalue weighted by molar-refractivity contribution is 6.30. The fourth-order valence-electron chi connectivity index (χ4n) is 2.62. The van der Waals surface area contributed by atoms with Gasteiger partial charge in [-0.2, -0.15) is 0 Å². The Morgan fingerprint density at radius 2 is 2.07 bits per heavy atom. The number of hydrogen-bond acceptors (Lipinski definition) is 4. The standard InChI is InChI=1S/C20H16ClN3O3/c1-24-12-17(20(27)23-10-13-4-6-14(21)7-5-13)19(26)16-9-15(3-2-8-25)22-11-18(16)24/h4-7,9,11-12,25H,8,10H2,1H3,(H,23,27). The molecule has 1 amide bonds. The van der Waals surface area contributed by atoms with E-state index in [0.717, 1.165) is 5.56 Å². The maximum absolute atomic E-state index is 12.8. The number of fused-ring (bicyclic) bond motifs is 1. The normalized spacial score (nSPS) is 10.3. The number of hydrogen-bond donors (Lipinski definition) is 2. The number of amides is 1. The summed E-state index contributed by atoms with van der Waals surface area (Å²) in [7, 11) is 1.73. The number of aromatic nitrogens is 2. The van der Waals surface area contributed by atoms with Crippen LogP contribution in [0.25, 0.3) is 10.9 Å². The van der Waals surface area contributed by atoms with E-state index in [4.69, 9.17) is 16.7 Å². The molecule has 0 aliphatic rings. The third kappa shape index (κ3) is 4.17. The Balaban J connectivity index is 1.93. The summed E-state index contributed by atoms with van der Waals surface area (Å²) in [5, 5.41) is 12.5. The highest BCUT2D eigenvalue weighted by Gasteiger charge is 2.15. The van der Waals surface area contributed by atoms with E-state index in [1.165, 1.54) is 18.5 Å². The van der Waals surface area contributed by atoms with Gasteiger partial charge in [-0.1, -0.05) is 29.7 Å². The molecule has 0 unspecified atom stereocenters. The number of carbonyl (C=O) groups is 1. The summed E-state index contributed by atoms with van der Waals surface area (Å²) in [5.74, 6) is 4.69. The molecule has 136 valence electrons. The van der Waals surface area contributed by atoms with Crippen molar-refractivity contribution >= 4 is 28.4 Å². The van der Waals surface area contributed by atoms with Crippen molar-refractivity contribution in [1.82, 2.24) is 14.9 Å². The quantitative estimate of drug-likeness (QED) is 0.678. The molecule has 3 aromatic rings. The second-order valence-corrected chi connectivity index (χ2v) is 6.27. The van der Waals surface area contributed by atoms with Crippen LogP contribution >= 0.6 is 11.6 Å². The molecule has 2 aromatic heterocycles. The van der Waals surface area contributed by atoms with Crippen LogP contribution in [0, 0.1) is 11.8 Å². The van der Waals surface area contributed by atoms with E-state index in [9.17, 15) is 9.59 Å². The summed E-state index contributed by atoms with van der Waals surface area (Å²) >= 11 is 5.85. The first kappa shape index (κ1) is 18.6. The van der Waals surface area contributed by atoms with Gasteiger partial charge in [0.1, 0.15) is 17.9 Å². The Kier molecular flexibility index (Phi) is 5.55. The van der Waals surface area contributed by atoms with E-state index in [1.54, 1.807) is 35.9 Å². The number of aliphatic hydroxyl groups is 1. The van der Waals surface area contributed by atoms with Crippen molar-refractivity contribution < 1.29 is 9.90 Å². The molecular weight excluding hydrogens is 366 g/mol. The fourth-order valence-corrected chi connectivity index (χ4v) is 2.74. The largest absolute Gasteiger partial charge is 0.384 e. The summed E-state index contributed by atoms with van der Waals surface area (Å²) in [6.07, 6.45) is 3.01. The molecule has 7 heteroatoms. The molecule has 0 bridgehead atoms. The summed E-state index contributed by atoms with van der Waals surface area (Å²) < 4.78 is 1.67. The maximum atomic E-state index is 12.8. The molecule has 2 heterocycles. The van der Waals surface area contributed by atoms with Gasteiger partial charge >= 0.3 is 0 Å². The summed E-state index contributed by atoms with van der Waals surface area (Å²) in [5.41, 5.74) is 1.45. The first-order chi connectivity index (χ1) is 13.0. The van der Waals surface area contributed by atoms with E-state index in [1.807, 2.05) is 0 Å². The molecule has 0 saturated carbocycles. The Morgan fingerprint density at radius 3 is 2.78 bits per heavy atom. The van der Waals surface area contributed by atoms with E-state index in [-0.39, 0.29) is 18.7 Å². The molecule has 0 aliphatic heterocycles. The van der Waals surface area contributed by atoms with Crippen LogP contribution in [-0.4, -0.2) is 27.2 Å². The lowest BCUT2D eigenvalue weighted by Gasteiger charge is -2.10. The molecular formula is C20H16ClN3O3. The number of halogens is 1. The van der Waals surface area contributed by atoms with Gasteiger partial charge in [-0.05, 0) is 29.7 Å². The smallest absolute Gasteiger partial charge is 0.257 e. The van der Waals surface area contributed by atoms with Crippen molar-refractivity contribution in [3.63, 3.8) is 0 Å². The lowest BCUT2D eigenvalue weighted by Crippen LogP contribution is -2.29. The minimum Gasteiger partial charge on any atom is -0.384 e. The average Bonchev–Trinajstić information content (AvgIpc) is 2.68. The van der Waals surface area contributed by atoms with E-state index in [2.05, 4.69) is 22.1 Å². The predicted octanol–water partition coefficient (Wildman–Crippen LogP) is 1.86. The van der Waals surface area contributed by atoms with Crippen LogP contribution in [0.15, 0.2) is 47.5 Å². The molecule has 1 aromatic carbocycles. The van der Waals surface area contributed by atoms with Gasteiger partial charge in [-0.15, -0.1) is 0 Å². The SMILES string of the molecule is Cn1cc(C(=O)NCc2ccc(Cl)cc2)c(=O)c2cc(C#CCO)ncc21. The highest BCUT2D eigenvalue weighted by Crippen LogP contribution is 2.12. The molecule has 6 nitrogen and oxygen atoms in total. The number of rotatable bonds is 3. The number of pyridine rings is 2. The number of carbonyl (C=O) groups excluding carboxylic acids is 1. The van der Waals surface area contributed by atoms with Crippen LogP contribution in [0.2, 0.25) is 5.02 Å². The van der Waals surface area contributed by atoms with Crippen molar-refractivity contribution in [2.24, 2.45) is 7.05 Å². The number of benzene rings is 1. The third-order valence-corrected chi connectivity index (χ3v) is 4.23. The predicted molar refractivity (Wildman–Crippen MR) is 104 cm³/mol. The zero-order chi connectivity index (χ0) is 19.4. The Bertz CT molecular complexity index is 1130. The van der Waals surface area contributed by atoms with E-state index >= 15 is 0 Å². The summed E-state index contributed by atoms with van der Waals surface area (Å²) in [4.78, 5) is 29.5. The lowest BCUT2D eigenvalue weighted by atomic mass is 10.1. The van der Waals surface area contributed by atoms with Gasteiger partial charge < -0.3 is 15.0 Å². The molecule has 3 rings (SSSR count). The molecule has 27 heavy (non-hydrogen) atoms. The topological polar surface area (TPSA) is 84.2 Å². The van der Waals surface area contributed by atoms with Gasteiger partial charge in [-0.3, -0.25) is 9.59 Å². The molecule has 0 radical (unpaired) electrons. The minimum absolute atomic E-state index is 0.0335. The number of aryl methyl sites for hydroxylation is 1. The van der Waals surface area contributed by atoms with E-state index in [0.29, 0.717) is 21.6 Å². The second kappa shape index (κ2) is 8.04. The van der Waals surface area contributed by atoms with E-state index < -0.39 is 11.3 Å². The molecule has 0 fully saturated rings. The fraction of sp³-hybridized carbons (Fsp3) is 0.150. The first-order valence-corrected chi connectivity index (χ1v) is 8.49. The number of aliphatic hydroxyl groups excluding tert-OH is 1. The lowest BCUT2D eigenvalue weighted by molar-refractivity contribution is 0.0949. The Morgan fingerprint density at radius 1 is 1.33 bits per heavy atom. The number of nitrogens with one attached hydrogen (secondary N) is 1. The van der Waals surface area contributed by atoms with Gasteiger partial charge in [0.25, 0.3) is 5.91 Å². The van der Waals surface area contributed by atoms with Crippen molar-refractivity contribution in [3.05, 3.63) is 74.8 Å². The van der Waals surface area contributed by atoms with Gasteiger partial charge in [0.15, 0.2) is 0 Å². The second-order valence-electron chi connectivity index (χ2n) is 5.84. The highest BCUT2D eigenvalue weighted by atomic mass is 35.5. The maximum Gasteiger partial charge on any atom is 0.257 e. The molecule has 0 spiro atoms. The van der Waals surface area contributed by atoms with Gasteiger partial charge in [-0.25, -0.2) is 4.98 Å². The van der Waals surface area contributed by atoms with Gasteiger partial charge in [0, 0.05) is 24.8 Å². The number of nitrogens with zero attached hydrogens (tertiary/aromatic N) is 2. The van der Waals surface area contributed by atoms with Crippen molar-refractivity contribution in [2.45, 2.75) is 6.54 Å². The summed E-state index contributed by atoms with van der Waals surface area (Å²) in [6, 6.07) is 8.61.